The smallest absolute Gasteiger partial charge is 0.322 e. The van der Waals surface area contributed by atoms with E-state index in [0.29, 0.717) is 24.6 Å². The van der Waals surface area contributed by atoms with Gasteiger partial charge in [-0.05, 0) is 48.6 Å². The van der Waals surface area contributed by atoms with Gasteiger partial charge in [-0.25, -0.2) is 8.42 Å². The summed E-state index contributed by atoms with van der Waals surface area (Å²) >= 11 is 2.89. The average molecular weight is 479 g/mol. The van der Waals surface area contributed by atoms with Crippen LogP contribution in [0.3, 0.4) is 0 Å². The van der Waals surface area contributed by atoms with Gasteiger partial charge in [0.05, 0.1) is 0 Å². The molecule has 1 N–H and O–H groups in total. The third-order valence-electron chi connectivity index (χ3n) is 4.69. The number of thiophene rings is 1. The van der Waals surface area contributed by atoms with E-state index in [1.807, 2.05) is 24.3 Å². The molecular weight excluding hydrogens is 456 g/mol. The molecule has 0 radical (unpaired) electrons. The van der Waals surface area contributed by atoms with Crippen LogP contribution in [0.2, 0.25) is 0 Å². The molecule has 1 aliphatic heterocycles. The van der Waals surface area contributed by atoms with E-state index in [0.717, 1.165) is 21.8 Å². The topological polar surface area (TPSA) is 105 Å². The van der Waals surface area contributed by atoms with Crippen molar-refractivity contribution in [1.29, 1.82) is 0 Å². The van der Waals surface area contributed by atoms with Gasteiger partial charge in [-0.15, -0.1) is 28.2 Å². The molecule has 8 nitrogen and oxygen atoms in total. The summed E-state index contributed by atoms with van der Waals surface area (Å²) in [7, 11) is -3.71. The standard InChI is InChI=1S/C20H22N4O4S3/c1-13(2)30-15-9-7-14(8-10-15)19-22-23-20(28-19)21-18(25)16-5-3-11-24(16)31(26,27)17-6-4-12-29-17/h4,6-10,12-13,16H,3,5,11H2,1-2H3,(H,21,23,25). The number of anilines is 1. The van der Waals surface area contributed by atoms with Crippen molar-refractivity contribution >= 4 is 45.0 Å². The number of nitrogens with one attached hydrogen (secondary N) is 1. The molecule has 1 aromatic carbocycles. The third kappa shape index (κ3) is 4.84. The Bertz CT molecular complexity index is 1140. The average Bonchev–Trinajstić information content (AvgIpc) is 3.49. The van der Waals surface area contributed by atoms with Gasteiger partial charge >= 0.3 is 6.01 Å². The zero-order chi connectivity index (χ0) is 22.0. The van der Waals surface area contributed by atoms with Crippen LogP contribution in [0.25, 0.3) is 11.5 Å². The van der Waals surface area contributed by atoms with Crippen LogP contribution in [0.4, 0.5) is 6.01 Å². The van der Waals surface area contributed by atoms with Crippen LogP contribution in [0.15, 0.2) is 55.3 Å². The maximum absolute atomic E-state index is 12.8. The molecule has 1 atom stereocenters. The molecule has 1 unspecified atom stereocenters. The van der Waals surface area contributed by atoms with Crippen LogP contribution in [-0.2, 0) is 14.8 Å². The first-order valence-electron chi connectivity index (χ1n) is 9.81. The summed E-state index contributed by atoms with van der Waals surface area (Å²) in [5.41, 5.74) is 0.740. The number of carbonyl (C=O) groups excluding carboxylic acids is 1. The molecular formula is C20H22N4O4S3. The van der Waals surface area contributed by atoms with Gasteiger partial charge in [-0.1, -0.05) is 25.0 Å². The van der Waals surface area contributed by atoms with Crippen LogP contribution in [0, 0.1) is 0 Å². The van der Waals surface area contributed by atoms with Gasteiger partial charge in [0, 0.05) is 22.3 Å². The summed E-state index contributed by atoms with van der Waals surface area (Å²) in [4.78, 5) is 13.9. The normalized spacial score (nSPS) is 17.3. The van der Waals surface area contributed by atoms with Crippen LogP contribution in [0.1, 0.15) is 26.7 Å². The fourth-order valence-corrected chi connectivity index (χ4v) is 6.96. The Morgan fingerprint density at radius 3 is 2.71 bits per heavy atom. The lowest BCUT2D eigenvalue weighted by Crippen LogP contribution is -2.42. The lowest BCUT2D eigenvalue weighted by Gasteiger charge is -2.21. The molecule has 11 heteroatoms. The highest BCUT2D eigenvalue weighted by molar-refractivity contribution is 7.99. The van der Waals surface area contributed by atoms with E-state index in [1.165, 1.54) is 4.31 Å². The molecule has 164 valence electrons. The van der Waals surface area contributed by atoms with Gasteiger partial charge < -0.3 is 4.42 Å². The summed E-state index contributed by atoms with van der Waals surface area (Å²) in [5.74, 6) is -0.192. The van der Waals surface area contributed by atoms with E-state index in [2.05, 4.69) is 29.4 Å². The van der Waals surface area contributed by atoms with Gasteiger partial charge in [0.2, 0.25) is 11.8 Å². The van der Waals surface area contributed by atoms with Gasteiger partial charge in [-0.2, -0.15) is 4.31 Å². The van der Waals surface area contributed by atoms with Gasteiger partial charge in [0.15, 0.2) is 0 Å². The molecule has 3 heterocycles. The van der Waals surface area contributed by atoms with Gasteiger partial charge in [0.25, 0.3) is 10.0 Å². The number of sulfonamides is 1. The van der Waals surface area contributed by atoms with E-state index < -0.39 is 22.0 Å². The number of carbonyl (C=O) groups is 1. The van der Waals surface area contributed by atoms with Crippen molar-refractivity contribution in [1.82, 2.24) is 14.5 Å². The zero-order valence-corrected chi connectivity index (χ0v) is 19.5. The van der Waals surface area contributed by atoms with Gasteiger partial charge in [0.1, 0.15) is 10.3 Å². The molecule has 1 aliphatic rings. The molecule has 1 fully saturated rings. The van der Waals surface area contributed by atoms with E-state index in [9.17, 15) is 13.2 Å². The first kappa shape index (κ1) is 22.0. The number of amides is 1. The lowest BCUT2D eigenvalue weighted by molar-refractivity contribution is -0.119. The molecule has 4 rings (SSSR count). The highest BCUT2D eigenvalue weighted by atomic mass is 32.2. The van der Waals surface area contributed by atoms with Crippen molar-refractivity contribution in [2.24, 2.45) is 0 Å². The predicted octanol–water partition coefficient (Wildman–Crippen LogP) is 4.09. The summed E-state index contributed by atoms with van der Waals surface area (Å²) in [6, 6.07) is 10.1. The Morgan fingerprint density at radius 2 is 2.03 bits per heavy atom. The van der Waals surface area contributed by atoms with Crippen LogP contribution in [0.5, 0.6) is 0 Å². The van der Waals surface area contributed by atoms with E-state index in [1.54, 1.807) is 29.3 Å². The summed E-state index contributed by atoms with van der Waals surface area (Å²) in [5, 5.41) is 12.6. The molecule has 1 amide bonds. The first-order valence-corrected chi connectivity index (χ1v) is 13.0. The van der Waals surface area contributed by atoms with E-state index >= 15 is 0 Å². The summed E-state index contributed by atoms with van der Waals surface area (Å²) in [6.45, 7) is 4.56. The van der Waals surface area contributed by atoms with Crippen LogP contribution in [-0.4, -0.2) is 46.7 Å². The highest BCUT2D eigenvalue weighted by Gasteiger charge is 2.40. The SMILES string of the molecule is CC(C)Sc1ccc(-c2nnc(NC(=O)C3CCCN3S(=O)(=O)c3cccs3)o2)cc1. The quantitative estimate of drug-likeness (QED) is 0.510. The Labute approximate surface area is 189 Å². The minimum absolute atomic E-state index is 0.0546. The Kier molecular flexibility index (Phi) is 6.47. The van der Waals surface area contributed by atoms with Crippen molar-refractivity contribution in [3.63, 3.8) is 0 Å². The number of thioether (sulfide) groups is 1. The van der Waals surface area contributed by atoms with Crippen LogP contribution < -0.4 is 5.32 Å². The lowest BCUT2D eigenvalue weighted by atomic mass is 10.2. The van der Waals surface area contributed by atoms with Crippen molar-refractivity contribution < 1.29 is 17.6 Å². The fraction of sp³-hybridized carbons (Fsp3) is 0.350. The van der Waals surface area contributed by atoms with E-state index in [-0.39, 0.29) is 16.1 Å². The molecule has 0 bridgehead atoms. The van der Waals surface area contributed by atoms with Crippen LogP contribution >= 0.6 is 23.1 Å². The molecule has 0 aliphatic carbocycles. The largest absolute Gasteiger partial charge is 0.403 e. The molecule has 1 saturated heterocycles. The van der Waals surface area contributed by atoms with Crippen molar-refractivity contribution in [3.05, 3.63) is 41.8 Å². The van der Waals surface area contributed by atoms with Gasteiger partial charge in [-0.3, -0.25) is 10.1 Å². The van der Waals surface area contributed by atoms with Crippen molar-refractivity contribution in [2.75, 3.05) is 11.9 Å². The van der Waals surface area contributed by atoms with Crippen molar-refractivity contribution in [3.8, 4) is 11.5 Å². The summed E-state index contributed by atoms with van der Waals surface area (Å²) in [6.07, 6.45) is 1.05. The minimum Gasteiger partial charge on any atom is -0.403 e. The maximum Gasteiger partial charge on any atom is 0.322 e. The first-order chi connectivity index (χ1) is 14.8. The molecule has 2 aromatic heterocycles. The Morgan fingerprint density at radius 1 is 1.26 bits per heavy atom. The second kappa shape index (κ2) is 9.11. The Hall–Kier alpha value is -2.21. The maximum atomic E-state index is 12.8. The zero-order valence-electron chi connectivity index (χ0n) is 17.0. The minimum atomic E-state index is -3.71. The second-order valence-corrected chi connectivity index (χ2v) is 12.0. The number of benzene rings is 1. The highest BCUT2D eigenvalue weighted by Crippen LogP contribution is 2.30. The van der Waals surface area contributed by atoms with Crippen molar-refractivity contribution in [2.45, 2.75) is 47.1 Å². The Balaban J connectivity index is 1.45. The third-order valence-corrected chi connectivity index (χ3v) is 8.99. The number of rotatable bonds is 7. The number of hydrogen-bond acceptors (Lipinski definition) is 8. The molecule has 0 spiro atoms. The molecule has 0 saturated carbocycles. The number of hydrogen-bond donors (Lipinski definition) is 1. The predicted molar refractivity (Wildman–Crippen MR) is 121 cm³/mol. The molecule has 31 heavy (non-hydrogen) atoms. The summed E-state index contributed by atoms with van der Waals surface area (Å²) < 4.78 is 32.8. The number of nitrogens with zero attached hydrogens (tertiary/aromatic N) is 3. The number of aromatic nitrogens is 2. The van der Waals surface area contributed by atoms with E-state index in [4.69, 9.17) is 4.42 Å². The monoisotopic (exact) mass is 478 g/mol. The molecule has 3 aromatic rings. The second-order valence-electron chi connectivity index (χ2n) is 7.30. The fourth-order valence-electron chi connectivity index (χ4n) is 3.34.